The zero-order chi connectivity index (χ0) is 38.2. The van der Waals surface area contributed by atoms with Crippen molar-refractivity contribution in [2.24, 2.45) is 0 Å². The molecule has 0 fully saturated rings. The normalized spacial score (nSPS) is 11.8. The molecule has 58 heavy (non-hydrogen) atoms. The average Bonchev–Trinajstić information content (AvgIpc) is 3.86. The lowest BCUT2D eigenvalue weighted by molar-refractivity contribution is 1.07. The second kappa shape index (κ2) is 13.1. The van der Waals surface area contributed by atoms with Crippen LogP contribution in [0.1, 0.15) is 0 Å². The number of rotatable bonds is 5. The number of benzene rings is 9. The third-order valence-electron chi connectivity index (χ3n) is 11.4. The molecule has 0 saturated heterocycles. The first-order chi connectivity index (χ1) is 28.7. The Labute approximate surface area is 338 Å². The summed E-state index contributed by atoms with van der Waals surface area (Å²) in [5.74, 6) is 1.95. The highest BCUT2D eigenvalue weighted by molar-refractivity contribution is 7.26. The van der Waals surface area contributed by atoms with Crippen LogP contribution < -0.4 is 0 Å². The summed E-state index contributed by atoms with van der Waals surface area (Å²) in [6.45, 7) is 0. The van der Waals surface area contributed by atoms with E-state index < -0.39 is 0 Å². The number of fused-ring (bicyclic) bond motifs is 10. The zero-order valence-corrected chi connectivity index (χ0v) is 32.0. The van der Waals surface area contributed by atoms with Gasteiger partial charge in [0.1, 0.15) is 0 Å². The van der Waals surface area contributed by atoms with E-state index in [9.17, 15) is 0 Å². The van der Waals surface area contributed by atoms with E-state index in [0.29, 0.717) is 17.5 Å². The summed E-state index contributed by atoms with van der Waals surface area (Å²) in [7, 11) is 0. The Morgan fingerprint density at radius 2 is 0.897 bits per heavy atom. The van der Waals surface area contributed by atoms with Crippen LogP contribution in [0.5, 0.6) is 0 Å². The Balaban J connectivity index is 1.05. The largest absolute Gasteiger partial charge is 0.308 e. The fourth-order valence-corrected chi connectivity index (χ4v) is 9.89. The molecule has 12 aromatic rings. The molecule has 4 nitrogen and oxygen atoms in total. The summed E-state index contributed by atoms with van der Waals surface area (Å²) < 4.78 is 4.93. The third-order valence-corrected chi connectivity index (χ3v) is 12.6. The quantitative estimate of drug-likeness (QED) is 0.176. The van der Waals surface area contributed by atoms with E-state index in [4.69, 9.17) is 15.0 Å². The Morgan fingerprint density at radius 1 is 0.345 bits per heavy atom. The lowest BCUT2D eigenvalue weighted by atomic mass is 10.0. The first kappa shape index (κ1) is 32.7. The van der Waals surface area contributed by atoms with Gasteiger partial charge >= 0.3 is 0 Å². The van der Waals surface area contributed by atoms with Gasteiger partial charge < -0.3 is 4.57 Å². The third kappa shape index (κ3) is 5.18. The molecule has 0 aliphatic carbocycles. The number of hydrogen-bond acceptors (Lipinski definition) is 4. The van der Waals surface area contributed by atoms with Gasteiger partial charge in [-0.3, -0.25) is 0 Å². The number of thiophene rings is 1. The summed E-state index contributed by atoms with van der Waals surface area (Å²) in [6, 6.07) is 69.1. The standard InChI is InChI=1S/C53H32N4S/c1-3-12-33(13-4-1)34-22-24-38(25-23-34)52-54-51(37-16-5-2-6-17-37)55-53(56-52)39-27-29-42-47(32-39)58-46-21-11-20-44(49(42)46)57-45-31-28-35-14-7-9-18-40(35)48(45)43-30-26-36-15-8-10-19-41(36)50(43)57/h1-32H. The van der Waals surface area contributed by atoms with Crippen molar-refractivity contribution in [1.82, 2.24) is 19.5 Å². The monoisotopic (exact) mass is 756 g/mol. The molecule has 0 bridgehead atoms. The lowest BCUT2D eigenvalue weighted by Gasteiger charge is -2.12. The molecular formula is C53H32N4S. The zero-order valence-electron chi connectivity index (χ0n) is 31.2. The minimum atomic E-state index is 0.647. The predicted octanol–water partition coefficient (Wildman–Crippen LogP) is 14.3. The van der Waals surface area contributed by atoms with E-state index in [2.05, 4.69) is 174 Å². The van der Waals surface area contributed by atoms with Crippen LogP contribution in [0.4, 0.5) is 0 Å². The van der Waals surface area contributed by atoms with E-state index in [0.717, 1.165) is 22.3 Å². The van der Waals surface area contributed by atoms with Crippen LogP contribution in [-0.2, 0) is 0 Å². The first-order valence-corrected chi connectivity index (χ1v) is 20.3. The molecule has 9 aromatic carbocycles. The second-order valence-corrected chi connectivity index (χ2v) is 15.9. The Morgan fingerprint density at radius 3 is 1.66 bits per heavy atom. The Bertz CT molecular complexity index is 3550. The molecule has 5 heteroatoms. The smallest absolute Gasteiger partial charge is 0.164 e. The Kier molecular flexibility index (Phi) is 7.37. The van der Waals surface area contributed by atoms with Crippen LogP contribution in [0.15, 0.2) is 194 Å². The average molecular weight is 757 g/mol. The minimum absolute atomic E-state index is 0.647. The molecule has 0 radical (unpaired) electrons. The van der Waals surface area contributed by atoms with Crippen molar-refractivity contribution < 1.29 is 0 Å². The Hall–Kier alpha value is -7.47. The van der Waals surface area contributed by atoms with E-state index in [-0.39, 0.29) is 0 Å². The maximum atomic E-state index is 5.12. The first-order valence-electron chi connectivity index (χ1n) is 19.5. The van der Waals surface area contributed by atoms with Gasteiger partial charge in [0.25, 0.3) is 0 Å². The molecule has 0 spiro atoms. The van der Waals surface area contributed by atoms with Gasteiger partial charge in [0.05, 0.1) is 16.7 Å². The maximum Gasteiger partial charge on any atom is 0.164 e. The van der Waals surface area contributed by atoms with Crippen LogP contribution in [0.3, 0.4) is 0 Å². The van der Waals surface area contributed by atoms with Crippen LogP contribution >= 0.6 is 11.3 Å². The van der Waals surface area contributed by atoms with Crippen LogP contribution in [0.2, 0.25) is 0 Å². The molecule has 0 aliphatic rings. The molecular weight excluding hydrogens is 725 g/mol. The van der Waals surface area contributed by atoms with E-state index in [1.165, 1.54) is 74.8 Å². The van der Waals surface area contributed by atoms with Gasteiger partial charge in [-0.15, -0.1) is 11.3 Å². The van der Waals surface area contributed by atoms with E-state index in [1.807, 2.05) is 35.6 Å². The maximum absolute atomic E-state index is 5.12. The summed E-state index contributed by atoms with van der Waals surface area (Å²) >= 11 is 1.82. The van der Waals surface area contributed by atoms with Crippen LogP contribution in [-0.4, -0.2) is 19.5 Å². The minimum Gasteiger partial charge on any atom is -0.308 e. The molecule has 3 heterocycles. The van der Waals surface area contributed by atoms with Crippen molar-refractivity contribution in [3.05, 3.63) is 194 Å². The van der Waals surface area contributed by atoms with Crippen LogP contribution in [0, 0.1) is 0 Å². The molecule has 0 unspecified atom stereocenters. The van der Waals surface area contributed by atoms with Crippen molar-refractivity contribution in [3.8, 4) is 51.0 Å². The van der Waals surface area contributed by atoms with Gasteiger partial charge in [-0.1, -0.05) is 170 Å². The number of hydrogen-bond donors (Lipinski definition) is 0. The molecule has 0 saturated carbocycles. The molecule has 0 aliphatic heterocycles. The number of aromatic nitrogens is 4. The number of nitrogens with zero attached hydrogens (tertiary/aromatic N) is 4. The van der Waals surface area contributed by atoms with E-state index >= 15 is 0 Å². The SMILES string of the molecule is c1ccc(-c2ccc(-c3nc(-c4ccccc4)nc(-c4ccc5c(c4)sc4cccc(-n6c7ccc8ccccc8c7c7ccc8ccccc8c76)c45)n3)cc2)cc1. The highest BCUT2D eigenvalue weighted by Gasteiger charge is 2.21. The summed E-state index contributed by atoms with van der Waals surface area (Å²) in [6.07, 6.45) is 0. The highest BCUT2D eigenvalue weighted by Crippen LogP contribution is 2.45. The summed E-state index contributed by atoms with van der Waals surface area (Å²) in [5, 5.41) is 9.99. The molecule has 0 atom stereocenters. The lowest BCUT2D eigenvalue weighted by Crippen LogP contribution is -2.00. The topological polar surface area (TPSA) is 43.6 Å². The van der Waals surface area contributed by atoms with Crippen molar-refractivity contribution in [3.63, 3.8) is 0 Å². The fraction of sp³-hybridized carbons (Fsp3) is 0. The predicted molar refractivity (Wildman–Crippen MR) is 244 cm³/mol. The van der Waals surface area contributed by atoms with E-state index in [1.54, 1.807) is 0 Å². The van der Waals surface area contributed by atoms with Crippen molar-refractivity contribution >= 4 is 74.9 Å². The van der Waals surface area contributed by atoms with Crippen molar-refractivity contribution in [1.29, 1.82) is 0 Å². The van der Waals surface area contributed by atoms with Gasteiger partial charge in [0.2, 0.25) is 0 Å². The molecule has 3 aromatic heterocycles. The van der Waals surface area contributed by atoms with Gasteiger partial charge in [-0.25, -0.2) is 15.0 Å². The van der Waals surface area contributed by atoms with Crippen molar-refractivity contribution in [2.45, 2.75) is 0 Å². The molecule has 270 valence electrons. The summed E-state index contributed by atoms with van der Waals surface area (Å²) in [4.78, 5) is 15.2. The molecule has 12 rings (SSSR count). The summed E-state index contributed by atoms with van der Waals surface area (Å²) in [5.41, 5.74) is 8.79. The van der Waals surface area contributed by atoms with Gasteiger partial charge in [0, 0.05) is 53.0 Å². The second-order valence-electron chi connectivity index (χ2n) is 14.8. The fourth-order valence-electron chi connectivity index (χ4n) is 8.72. The van der Waals surface area contributed by atoms with Crippen molar-refractivity contribution in [2.75, 3.05) is 0 Å². The highest BCUT2D eigenvalue weighted by atomic mass is 32.1. The molecule has 0 N–H and O–H groups in total. The van der Waals surface area contributed by atoms with Gasteiger partial charge in [-0.05, 0) is 51.6 Å². The van der Waals surface area contributed by atoms with Crippen LogP contribution in [0.25, 0.3) is 115 Å². The molecule has 0 amide bonds. The van der Waals surface area contributed by atoms with Gasteiger partial charge in [0.15, 0.2) is 17.5 Å². The van der Waals surface area contributed by atoms with Gasteiger partial charge in [-0.2, -0.15) is 0 Å².